The highest BCUT2D eigenvalue weighted by molar-refractivity contribution is 8.23. The number of aliphatic carboxylic acids is 1. The molecule has 1 saturated heterocycles. The molecule has 1 aliphatic carbocycles. The minimum atomic E-state index is -1.17. The van der Waals surface area contributed by atoms with Crippen LogP contribution in [0.1, 0.15) is 41.8 Å². The Morgan fingerprint density at radius 3 is 2.77 bits per heavy atom. The van der Waals surface area contributed by atoms with E-state index in [1.807, 2.05) is 12.1 Å². The van der Waals surface area contributed by atoms with Crippen LogP contribution in [0.4, 0.5) is 5.69 Å². The van der Waals surface area contributed by atoms with Crippen LogP contribution in [0.15, 0.2) is 52.5 Å². The average Bonchev–Trinajstić information content (AvgIpc) is 3.35. The van der Waals surface area contributed by atoms with Gasteiger partial charge in [0.1, 0.15) is 4.87 Å². The number of nitrogens with zero attached hydrogens (tertiary/aromatic N) is 3. The summed E-state index contributed by atoms with van der Waals surface area (Å²) in [6.45, 7) is 1.61. The van der Waals surface area contributed by atoms with E-state index in [0.29, 0.717) is 10.7 Å². The molecule has 0 bridgehead atoms. The van der Waals surface area contributed by atoms with E-state index in [2.05, 4.69) is 4.98 Å². The highest BCUT2D eigenvalue weighted by atomic mass is 32.2. The molecule has 5 rings (SSSR count). The lowest BCUT2D eigenvalue weighted by atomic mass is 9.78. The van der Waals surface area contributed by atoms with Gasteiger partial charge in [-0.2, -0.15) is 0 Å². The van der Waals surface area contributed by atoms with Gasteiger partial charge in [-0.25, -0.2) is 4.79 Å². The molecule has 3 aliphatic rings. The number of aliphatic hydroxyl groups is 1. The van der Waals surface area contributed by atoms with Gasteiger partial charge in [0, 0.05) is 24.8 Å². The third kappa shape index (κ3) is 4.01. The molecule has 9 nitrogen and oxygen atoms in total. The van der Waals surface area contributed by atoms with Crippen LogP contribution in [0.5, 0.6) is 0 Å². The number of carbonyl (C=O) groups is 2. The van der Waals surface area contributed by atoms with Crippen LogP contribution in [0.3, 0.4) is 0 Å². The van der Waals surface area contributed by atoms with Crippen molar-refractivity contribution in [2.45, 2.75) is 48.8 Å². The highest BCUT2D eigenvalue weighted by Crippen LogP contribution is 2.64. The van der Waals surface area contributed by atoms with Crippen LogP contribution in [-0.4, -0.2) is 47.9 Å². The topological polar surface area (TPSA) is 134 Å². The van der Waals surface area contributed by atoms with Crippen LogP contribution in [0, 0.1) is 16.0 Å². The number of aryl methyl sites for hydroxylation is 1. The highest BCUT2D eigenvalue weighted by Gasteiger charge is 2.67. The molecule has 11 heteroatoms. The molecular weight excluding hydrogens is 490 g/mol. The zero-order valence-corrected chi connectivity index (χ0v) is 20.4. The molecular formula is C24H23N3O6S2. The van der Waals surface area contributed by atoms with E-state index >= 15 is 0 Å². The van der Waals surface area contributed by atoms with Gasteiger partial charge < -0.3 is 10.2 Å². The summed E-state index contributed by atoms with van der Waals surface area (Å²) in [5, 5.41) is 31.2. The normalized spacial score (nSPS) is 25.8. The SMILES string of the molecule is C[C@H](O)C[C@@H]1C(=O)N2C(C(=O)O)=C(SC3CCc4cccnc43)S[C@]12Cc1ccc([N+](=O)[O-])cc1. The summed E-state index contributed by atoms with van der Waals surface area (Å²) in [6.07, 6.45) is 3.19. The largest absolute Gasteiger partial charge is 0.477 e. The minimum absolute atomic E-state index is 0.0107. The number of thioether (sulfide) groups is 2. The molecule has 182 valence electrons. The van der Waals surface area contributed by atoms with Gasteiger partial charge >= 0.3 is 5.97 Å². The van der Waals surface area contributed by atoms with Crippen LogP contribution < -0.4 is 0 Å². The first kappa shape index (κ1) is 23.8. The maximum atomic E-state index is 13.2. The van der Waals surface area contributed by atoms with Crippen molar-refractivity contribution in [3.63, 3.8) is 0 Å². The van der Waals surface area contributed by atoms with Gasteiger partial charge in [-0.15, -0.1) is 11.8 Å². The Kier molecular flexibility index (Phi) is 6.10. The van der Waals surface area contributed by atoms with Gasteiger partial charge in [-0.3, -0.25) is 24.8 Å². The monoisotopic (exact) mass is 513 g/mol. The molecule has 4 atom stereocenters. The number of aliphatic hydroxyl groups excluding tert-OH is 1. The number of β-lactam (4-membered cyclic amide) rings is 1. The molecule has 1 aromatic carbocycles. The number of rotatable bonds is 8. The second-order valence-corrected chi connectivity index (χ2v) is 11.8. The Balaban J connectivity index is 1.50. The lowest BCUT2D eigenvalue weighted by molar-refractivity contribution is -0.384. The zero-order valence-electron chi connectivity index (χ0n) is 18.8. The summed E-state index contributed by atoms with van der Waals surface area (Å²) in [6, 6.07) is 10.0. The first-order valence-corrected chi connectivity index (χ1v) is 12.9. The number of carboxylic acids is 1. The number of non-ortho nitro benzene ring substituents is 1. The van der Waals surface area contributed by atoms with Crippen molar-refractivity contribution in [3.8, 4) is 0 Å². The molecule has 1 unspecified atom stereocenters. The number of nitro benzene ring substituents is 1. The van der Waals surface area contributed by atoms with E-state index in [0.717, 1.165) is 29.7 Å². The number of amides is 1. The van der Waals surface area contributed by atoms with Gasteiger partial charge in [0.15, 0.2) is 5.70 Å². The summed E-state index contributed by atoms with van der Waals surface area (Å²) in [5.41, 5.74) is 2.77. The number of carbonyl (C=O) groups excluding carboxylic acids is 1. The Bertz CT molecular complexity index is 1250. The lowest BCUT2D eigenvalue weighted by Gasteiger charge is -2.53. The quantitative estimate of drug-likeness (QED) is 0.306. The molecule has 1 amide bonds. The standard InChI is InChI=1S/C24H23N3O6S2/c1-13(28)11-17-21(29)26-20(22(30)31)23(34-18-9-6-15-3-2-10-25-19(15)18)35-24(17,26)12-14-4-7-16(8-5-14)27(32)33/h2-5,7-8,10,13,17-18,28H,6,9,11-12H2,1H3,(H,30,31)/t13-,17+,18?,24+/m0/s1. The van der Waals surface area contributed by atoms with E-state index in [1.54, 1.807) is 25.3 Å². The molecule has 3 heterocycles. The van der Waals surface area contributed by atoms with Gasteiger partial charge in [0.2, 0.25) is 5.91 Å². The molecule has 2 aromatic rings. The number of benzene rings is 1. The van der Waals surface area contributed by atoms with Gasteiger partial charge in [-0.05, 0) is 43.4 Å². The molecule has 0 saturated carbocycles. The maximum Gasteiger partial charge on any atom is 0.354 e. The molecule has 35 heavy (non-hydrogen) atoms. The third-order valence-electron chi connectivity index (χ3n) is 6.67. The molecule has 0 spiro atoms. The molecule has 1 aromatic heterocycles. The predicted molar refractivity (Wildman–Crippen MR) is 131 cm³/mol. The Morgan fingerprint density at radius 1 is 1.37 bits per heavy atom. The van der Waals surface area contributed by atoms with Crippen molar-refractivity contribution in [1.82, 2.24) is 9.88 Å². The predicted octanol–water partition coefficient (Wildman–Crippen LogP) is 3.88. The first-order chi connectivity index (χ1) is 16.7. The van der Waals surface area contributed by atoms with E-state index in [-0.39, 0.29) is 29.0 Å². The fourth-order valence-electron chi connectivity index (χ4n) is 5.12. The van der Waals surface area contributed by atoms with Crippen molar-refractivity contribution < 1.29 is 24.7 Å². The Labute approximate surface area is 209 Å². The number of aromatic nitrogens is 1. The fourth-order valence-corrected chi connectivity index (χ4v) is 8.65. The minimum Gasteiger partial charge on any atom is -0.477 e. The van der Waals surface area contributed by atoms with Crippen LogP contribution in [-0.2, 0) is 22.4 Å². The molecule has 2 N–H and O–H groups in total. The Hall–Kier alpha value is -2.89. The van der Waals surface area contributed by atoms with Gasteiger partial charge in [0.25, 0.3) is 5.69 Å². The number of carboxylic acid groups (broad SMARTS) is 1. The first-order valence-electron chi connectivity index (χ1n) is 11.2. The van der Waals surface area contributed by atoms with Crippen molar-refractivity contribution in [2.24, 2.45) is 5.92 Å². The maximum absolute atomic E-state index is 13.2. The second-order valence-electron chi connectivity index (χ2n) is 8.99. The van der Waals surface area contributed by atoms with Crippen molar-refractivity contribution in [3.05, 3.63) is 79.5 Å². The summed E-state index contributed by atoms with van der Waals surface area (Å²) in [7, 11) is 0. The van der Waals surface area contributed by atoms with Crippen molar-refractivity contribution in [1.29, 1.82) is 0 Å². The second kappa shape index (κ2) is 8.96. The van der Waals surface area contributed by atoms with Crippen LogP contribution >= 0.6 is 23.5 Å². The fraction of sp³-hybridized carbons (Fsp3) is 0.375. The summed E-state index contributed by atoms with van der Waals surface area (Å²) < 4.78 is 0.560. The van der Waals surface area contributed by atoms with Gasteiger partial charge in [0.05, 0.1) is 32.1 Å². The van der Waals surface area contributed by atoms with E-state index in [4.69, 9.17) is 0 Å². The van der Waals surface area contributed by atoms with Gasteiger partial charge in [-0.1, -0.05) is 30.0 Å². The molecule has 1 fully saturated rings. The number of hydrogen-bond donors (Lipinski definition) is 2. The summed E-state index contributed by atoms with van der Waals surface area (Å²) >= 11 is 2.79. The molecule has 2 aliphatic heterocycles. The average molecular weight is 514 g/mol. The van der Waals surface area contributed by atoms with E-state index in [1.165, 1.54) is 40.6 Å². The van der Waals surface area contributed by atoms with Crippen molar-refractivity contribution >= 4 is 41.1 Å². The van der Waals surface area contributed by atoms with E-state index < -0.39 is 27.8 Å². The zero-order chi connectivity index (χ0) is 24.9. The van der Waals surface area contributed by atoms with Crippen molar-refractivity contribution in [2.75, 3.05) is 0 Å². The number of fused-ring (bicyclic) bond motifs is 2. The lowest BCUT2D eigenvalue weighted by Crippen LogP contribution is -2.68. The number of hydrogen-bond acceptors (Lipinski definition) is 8. The third-order valence-corrected chi connectivity index (χ3v) is 9.70. The van der Waals surface area contributed by atoms with Crippen LogP contribution in [0.2, 0.25) is 0 Å². The summed E-state index contributed by atoms with van der Waals surface area (Å²) in [4.78, 5) is 41.1. The van der Waals surface area contributed by atoms with E-state index in [9.17, 15) is 29.9 Å². The molecule has 0 radical (unpaired) electrons. The number of pyridine rings is 1. The van der Waals surface area contributed by atoms with Crippen LogP contribution in [0.25, 0.3) is 0 Å². The number of nitro groups is 1. The Morgan fingerprint density at radius 2 is 2.11 bits per heavy atom. The summed E-state index contributed by atoms with van der Waals surface area (Å²) in [5.74, 6) is -2.07. The smallest absolute Gasteiger partial charge is 0.354 e.